The highest BCUT2D eigenvalue weighted by Gasteiger charge is 2.53. The number of hydrogen-bond acceptors (Lipinski definition) is 5. The average Bonchev–Trinajstić information content (AvgIpc) is 3.05. The highest BCUT2D eigenvalue weighted by Crippen LogP contribution is 2.56. The molecule has 44 heavy (non-hydrogen) atoms. The lowest BCUT2D eigenvalue weighted by atomic mass is 9.52. The molecule has 0 radical (unpaired) electrons. The minimum Gasteiger partial charge on any atom is -0.508 e. The van der Waals surface area contributed by atoms with Crippen LogP contribution in [0.1, 0.15) is 76.2 Å². The molecule has 6 nitrogen and oxygen atoms in total. The van der Waals surface area contributed by atoms with E-state index in [0.717, 1.165) is 28.8 Å². The first-order valence-electron chi connectivity index (χ1n) is 15.6. The van der Waals surface area contributed by atoms with Crippen LogP contribution in [0, 0.1) is 5.92 Å². The molecule has 2 fully saturated rings. The number of likely N-dealkylation sites (N-methyl/N-ethyl adjacent to an activating group) is 1. The fourth-order valence-corrected chi connectivity index (χ4v) is 8.13. The lowest BCUT2D eigenvalue weighted by Crippen LogP contribution is -2.59. The smallest absolute Gasteiger partial charge is 0.335 e. The minimum absolute atomic E-state index is 0.148. The molecule has 0 unspecified atom stereocenters. The van der Waals surface area contributed by atoms with Crippen LogP contribution in [0.4, 0.5) is 0 Å². The first kappa shape index (κ1) is 29.8. The number of fused-ring (bicyclic) bond motifs is 1. The number of benzene rings is 4. The zero-order chi connectivity index (χ0) is 30.8. The molecule has 0 amide bonds. The number of carboxylic acid groups (broad SMARTS) is 1. The predicted octanol–water partition coefficient (Wildman–Crippen LogP) is 7.36. The number of phenolic OH excluding ortho intramolecular Hbond substituents is 2. The normalized spacial score (nSPS) is 22.2. The van der Waals surface area contributed by atoms with Crippen molar-refractivity contribution in [2.75, 3.05) is 20.7 Å². The van der Waals surface area contributed by atoms with Crippen molar-refractivity contribution >= 4 is 5.97 Å². The summed E-state index contributed by atoms with van der Waals surface area (Å²) in [6.07, 6.45) is 8.22. The highest BCUT2D eigenvalue weighted by molar-refractivity contribution is 5.90. The summed E-state index contributed by atoms with van der Waals surface area (Å²) in [4.78, 5) is 14.2. The largest absolute Gasteiger partial charge is 0.508 e. The van der Waals surface area contributed by atoms with Gasteiger partial charge in [-0.25, -0.2) is 4.79 Å². The van der Waals surface area contributed by atoms with E-state index in [2.05, 4.69) is 30.1 Å². The van der Waals surface area contributed by atoms with Gasteiger partial charge in [-0.05, 0) is 115 Å². The number of carboxylic acids is 1. The van der Waals surface area contributed by atoms with Crippen LogP contribution in [0.5, 0.6) is 17.2 Å². The number of aromatic carboxylic acids is 1. The standard InChI is InChI=1S/C20H16O4.C18H25NO/c21-15-9-5-13(6-10-15)19(14-7-11-16(22)12-8-14)17-3-1-2-4-18(17)20(23)24;1-19-10-9-18-8-4-3-5-15(18)17(19)11-13-6-7-14(20-2)12-16(13)18/h1-12,19,21-22H,(H,23,24);6-7,12,15,17H,3-5,8-11H2,1-2H3/t;15-,17+,18+/m.1/s1. The molecule has 3 N–H and O–H groups in total. The summed E-state index contributed by atoms with van der Waals surface area (Å²) < 4.78 is 5.51. The Morgan fingerprint density at radius 3 is 2.18 bits per heavy atom. The maximum Gasteiger partial charge on any atom is 0.335 e. The minimum atomic E-state index is -0.992. The number of rotatable bonds is 5. The summed E-state index contributed by atoms with van der Waals surface area (Å²) in [7, 11) is 4.12. The van der Waals surface area contributed by atoms with Gasteiger partial charge in [0.1, 0.15) is 17.2 Å². The van der Waals surface area contributed by atoms with Crippen molar-refractivity contribution in [1.82, 2.24) is 4.90 Å². The SMILES string of the molecule is COc1ccc2c(c1)[C@]13CCCC[C@@H]1[C@H](C2)N(C)CC3.O=C(O)c1ccccc1C(c1ccc(O)cc1)c1ccc(O)cc1. The Balaban J connectivity index is 0.000000158. The van der Waals surface area contributed by atoms with E-state index in [1.165, 1.54) is 45.1 Å². The lowest BCUT2D eigenvalue weighted by Gasteiger charge is -2.58. The molecule has 7 rings (SSSR count). The van der Waals surface area contributed by atoms with E-state index in [1.807, 2.05) is 0 Å². The third-order valence-corrected chi connectivity index (χ3v) is 10.3. The van der Waals surface area contributed by atoms with Crippen molar-refractivity contribution in [2.24, 2.45) is 5.92 Å². The molecule has 0 spiro atoms. The van der Waals surface area contributed by atoms with Gasteiger partial charge in [-0.1, -0.05) is 61.4 Å². The summed E-state index contributed by atoms with van der Waals surface area (Å²) in [6.45, 7) is 1.26. The second kappa shape index (κ2) is 12.4. The molecule has 1 aliphatic heterocycles. The summed E-state index contributed by atoms with van der Waals surface area (Å²) in [5.41, 5.74) is 6.26. The van der Waals surface area contributed by atoms with Gasteiger partial charge < -0.3 is 25.0 Å². The number of carbonyl (C=O) groups is 1. The van der Waals surface area contributed by atoms with Crippen LogP contribution >= 0.6 is 0 Å². The van der Waals surface area contributed by atoms with Gasteiger partial charge in [-0.15, -0.1) is 0 Å². The van der Waals surface area contributed by atoms with Gasteiger partial charge in [-0.3, -0.25) is 0 Å². The number of hydrogen-bond donors (Lipinski definition) is 3. The van der Waals surface area contributed by atoms with E-state index in [0.29, 0.717) is 11.0 Å². The summed E-state index contributed by atoms with van der Waals surface area (Å²) >= 11 is 0. The first-order valence-corrected chi connectivity index (χ1v) is 15.6. The number of methoxy groups -OCH3 is 1. The molecule has 3 aliphatic rings. The fraction of sp³-hybridized carbons (Fsp3) is 0.342. The maximum absolute atomic E-state index is 11.6. The van der Waals surface area contributed by atoms with Gasteiger partial charge in [0.2, 0.25) is 0 Å². The summed E-state index contributed by atoms with van der Waals surface area (Å²) in [6, 6.07) is 27.8. The van der Waals surface area contributed by atoms with Gasteiger partial charge in [-0.2, -0.15) is 0 Å². The van der Waals surface area contributed by atoms with Crippen molar-refractivity contribution < 1.29 is 24.9 Å². The molecule has 228 valence electrons. The second-order valence-corrected chi connectivity index (χ2v) is 12.5. The molecule has 2 aliphatic carbocycles. The Morgan fingerprint density at radius 1 is 0.886 bits per heavy atom. The van der Waals surface area contributed by atoms with Crippen molar-refractivity contribution in [3.63, 3.8) is 0 Å². The van der Waals surface area contributed by atoms with E-state index < -0.39 is 5.97 Å². The average molecular weight is 592 g/mol. The first-order chi connectivity index (χ1) is 21.3. The van der Waals surface area contributed by atoms with Crippen LogP contribution in [-0.4, -0.2) is 52.9 Å². The third-order valence-electron chi connectivity index (χ3n) is 10.3. The van der Waals surface area contributed by atoms with Crippen molar-refractivity contribution in [3.05, 3.63) is 124 Å². The number of phenols is 2. The van der Waals surface area contributed by atoms with Crippen LogP contribution in [-0.2, 0) is 11.8 Å². The Hall–Kier alpha value is -4.29. The van der Waals surface area contributed by atoms with E-state index in [9.17, 15) is 20.1 Å². The van der Waals surface area contributed by atoms with Gasteiger partial charge in [0.15, 0.2) is 0 Å². The zero-order valence-corrected chi connectivity index (χ0v) is 25.4. The Bertz CT molecular complexity index is 1570. The molecule has 1 heterocycles. The van der Waals surface area contributed by atoms with Crippen LogP contribution in [0.3, 0.4) is 0 Å². The van der Waals surface area contributed by atoms with Gasteiger partial charge in [0.05, 0.1) is 12.7 Å². The van der Waals surface area contributed by atoms with Crippen LogP contribution in [0.25, 0.3) is 0 Å². The van der Waals surface area contributed by atoms with Crippen molar-refractivity contribution in [1.29, 1.82) is 0 Å². The molecule has 3 atom stereocenters. The molecule has 0 aromatic heterocycles. The van der Waals surface area contributed by atoms with E-state index in [1.54, 1.807) is 91.0 Å². The number of piperidine rings is 1. The quantitative estimate of drug-likeness (QED) is 0.210. The number of nitrogens with zero attached hydrogens (tertiary/aromatic N) is 1. The summed E-state index contributed by atoms with van der Waals surface area (Å²) in [5.74, 6) is 0.894. The monoisotopic (exact) mass is 591 g/mol. The molecule has 4 aromatic rings. The number of aromatic hydroxyl groups is 2. The zero-order valence-electron chi connectivity index (χ0n) is 25.4. The van der Waals surface area contributed by atoms with Crippen molar-refractivity contribution in [2.45, 2.75) is 55.9 Å². The Labute approximate surface area is 259 Å². The van der Waals surface area contributed by atoms with Crippen molar-refractivity contribution in [3.8, 4) is 17.2 Å². The summed E-state index contributed by atoms with van der Waals surface area (Å²) in [5, 5.41) is 28.6. The Morgan fingerprint density at radius 2 is 1.55 bits per heavy atom. The topological polar surface area (TPSA) is 90.2 Å². The molecular formula is C38H41NO5. The van der Waals surface area contributed by atoms with Crippen LogP contribution in [0.2, 0.25) is 0 Å². The number of likely N-dealkylation sites (tertiary alicyclic amines) is 1. The van der Waals surface area contributed by atoms with Crippen LogP contribution < -0.4 is 4.74 Å². The molecule has 1 saturated carbocycles. The van der Waals surface area contributed by atoms with Gasteiger partial charge >= 0.3 is 5.97 Å². The van der Waals surface area contributed by atoms with Gasteiger partial charge in [0.25, 0.3) is 0 Å². The maximum atomic E-state index is 11.6. The van der Waals surface area contributed by atoms with E-state index in [-0.39, 0.29) is 23.0 Å². The third kappa shape index (κ3) is 5.55. The lowest BCUT2D eigenvalue weighted by molar-refractivity contribution is 0.00274. The highest BCUT2D eigenvalue weighted by atomic mass is 16.5. The Kier molecular flexibility index (Phi) is 8.37. The molecule has 2 bridgehead atoms. The predicted molar refractivity (Wildman–Crippen MR) is 172 cm³/mol. The van der Waals surface area contributed by atoms with E-state index >= 15 is 0 Å². The fourth-order valence-electron chi connectivity index (χ4n) is 8.13. The van der Waals surface area contributed by atoms with Crippen LogP contribution in [0.15, 0.2) is 91.0 Å². The molecule has 6 heteroatoms. The number of ether oxygens (including phenoxy) is 1. The van der Waals surface area contributed by atoms with E-state index in [4.69, 9.17) is 4.74 Å². The molecular weight excluding hydrogens is 550 g/mol. The second-order valence-electron chi connectivity index (χ2n) is 12.5. The molecule has 4 aromatic carbocycles. The molecule has 1 saturated heterocycles. The van der Waals surface area contributed by atoms with Gasteiger partial charge in [0, 0.05) is 17.4 Å².